The first-order chi connectivity index (χ1) is 17.4. The highest BCUT2D eigenvalue weighted by Crippen LogP contribution is 2.24. The van der Waals surface area contributed by atoms with Crippen LogP contribution in [0.4, 0.5) is 16.4 Å². The number of amides is 2. The first-order valence-corrected chi connectivity index (χ1v) is 11.8. The molecule has 0 aliphatic heterocycles. The first-order valence-electron chi connectivity index (χ1n) is 10.7. The van der Waals surface area contributed by atoms with E-state index < -0.39 is 17.4 Å². The molecule has 14 heteroatoms. The van der Waals surface area contributed by atoms with E-state index in [1.807, 2.05) is 0 Å². The van der Waals surface area contributed by atoms with Crippen LogP contribution < -0.4 is 32.1 Å². The minimum Gasteiger partial charge on any atom is -0.430 e. The summed E-state index contributed by atoms with van der Waals surface area (Å²) in [5.74, 6) is 0.607. The molecule has 2 amide bonds. The van der Waals surface area contributed by atoms with Gasteiger partial charge in [-0.1, -0.05) is 23.7 Å². The summed E-state index contributed by atoms with van der Waals surface area (Å²) in [6.07, 6.45) is 1.40. The van der Waals surface area contributed by atoms with Crippen molar-refractivity contribution < 1.29 is 9.53 Å². The number of nitrogens with zero attached hydrogens (tertiary/aromatic N) is 5. The SMILES string of the molecule is CNC(=O)NCCn1c(=O)nc(Nc2ccc(Oc3ncns3)cc2)n(Cc2ccc(Cl)cc2)c1=O. The number of ether oxygens (including phenoxy) is 1. The molecule has 0 aliphatic rings. The van der Waals surface area contributed by atoms with Crippen LogP contribution >= 0.6 is 23.1 Å². The third-order valence-corrected chi connectivity index (χ3v) is 5.71. The maximum absolute atomic E-state index is 13.3. The standard InChI is InChI=1S/C22H21ClN8O4S/c1-24-19(32)25-10-11-30-20(33)29-18(31(22(30)34)12-14-2-4-15(23)5-3-14)28-16-6-8-17(9-7-16)35-21-26-13-27-36-21/h2-9,13H,10-12H2,1H3,(H2,24,25,32)(H,28,29,33). The van der Waals surface area contributed by atoms with Crippen molar-refractivity contribution in [2.75, 3.05) is 18.9 Å². The van der Waals surface area contributed by atoms with Gasteiger partial charge in [0, 0.05) is 42.4 Å². The van der Waals surface area contributed by atoms with Gasteiger partial charge in [-0.05, 0) is 42.0 Å². The molecule has 0 unspecified atom stereocenters. The number of anilines is 2. The Hall–Kier alpha value is -4.23. The molecular formula is C22H21ClN8O4S. The number of hydrogen-bond acceptors (Lipinski definition) is 9. The average Bonchev–Trinajstić information content (AvgIpc) is 3.39. The molecule has 4 rings (SSSR count). The number of benzene rings is 2. The summed E-state index contributed by atoms with van der Waals surface area (Å²) in [4.78, 5) is 45.5. The molecule has 2 heterocycles. The van der Waals surface area contributed by atoms with Crippen LogP contribution in [-0.2, 0) is 13.1 Å². The van der Waals surface area contributed by atoms with E-state index in [0.717, 1.165) is 21.7 Å². The number of hydrogen-bond donors (Lipinski definition) is 3. The zero-order chi connectivity index (χ0) is 25.5. The van der Waals surface area contributed by atoms with Crippen molar-refractivity contribution in [3.63, 3.8) is 0 Å². The highest BCUT2D eigenvalue weighted by Gasteiger charge is 2.15. The van der Waals surface area contributed by atoms with Gasteiger partial charge in [-0.15, -0.1) is 0 Å². The number of carbonyl (C=O) groups is 1. The fourth-order valence-electron chi connectivity index (χ4n) is 3.14. The minimum absolute atomic E-state index is 0.0450. The van der Waals surface area contributed by atoms with Gasteiger partial charge < -0.3 is 20.7 Å². The molecule has 0 aliphatic carbocycles. The van der Waals surface area contributed by atoms with E-state index in [2.05, 4.69) is 30.3 Å². The predicted octanol–water partition coefficient (Wildman–Crippen LogP) is 2.42. The first kappa shape index (κ1) is 24.9. The van der Waals surface area contributed by atoms with Crippen LogP contribution in [0.15, 0.2) is 64.4 Å². The monoisotopic (exact) mass is 528 g/mol. The molecule has 0 bridgehead atoms. The molecule has 36 heavy (non-hydrogen) atoms. The van der Waals surface area contributed by atoms with E-state index in [4.69, 9.17) is 16.3 Å². The Morgan fingerprint density at radius 2 is 1.83 bits per heavy atom. The number of nitrogens with one attached hydrogen (secondary N) is 3. The van der Waals surface area contributed by atoms with Crippen molar-refractivity contribution in [1.29, 1.82) is 0 Å². The number of rotatable bonds is 9. The topological polar surface area (TPSA) is 145 Å². The molecule has 0 radical (unpaired) electrons. The second kappa shape index (κ2) is 11.5. The molecule has 0 fully saturated rings. The summed E-state index contributed by atoms with van der Waals surface area (Å²) in [7, 11) is 1.47. The molecule has 0 spiro atoms. The summed E-state index contributed by atoms with van der Waals surface area (Å²) < 4.78 is 11.8. The molecule has 2 aromatic carbocycles. The van der Waals surface area contributed by atoms with Gasteiger partial charge in [-0.2, -0.15) is 14.3 Å². The lowest BCUT2D eigenvalue weighted by atomic mass is 10.2. The molecule has 12 nitrogen and oxygen atoms in total. The molecule has 0 saturated carbocycles. The quantitative estimate of drug-likeness (QED) is 0.300. The number of urea groups is 1. The fourth-order valence-corrected chi connectivity index (χ4v) is 3.68. The normalized spacial score (nSPS) is 10.6. The predicted molar refractivity (Wildman–Crippen MR) is 135 cm³/mol. The van der Waals surface area contributed by atoms with Gasteiger partial charge >= 0.3 is 17.4 Å². The smallest absolute Gasteiger partial charge is 0.355 e. The van der Waals surface area contributed by atoms with Gasteiger partial charge in [0.15, 0.2) is 0 Å². The highest BCUT2D eigenvalue weighted by atomic mass is 35.5. The maximum Gasteiger partial charge on any atom is 0.355 e. The van der Waals surface area contributed by atoms with Crippen LogP contribution in [0.2, 0.25) is 5.02 Å². The van der Waals surface area contributed by atoms with E-state index in [0.29, 0.717) is 21.7 Å². The van der Waals surface area contributed by atoms with Crippen LogP contribution in [0.25, 0.3) is 0 Å². The summed E-state index contributed by atoms with van der Waals surface area (Å²) in [6, 6.07) is 13.4. The number of halogens is 1. The van der Waals surface area contributed by atoms with Crippen molar-refractivity contribution in [3.05, 3.63) is 86.4 Å². The summed E-state index contributed by atoms with van der Waals surface area (Å²) >= 11 is 7.11. The van der Waals surface area contributed by atoms with Crippen LogP contribution in [0, 0.1) is 0 Å². The van der Waals surface area contributed by atoms with Crippen molar-refractivity contribution in [1.82, 2.24) is 34.1 Å². The lowest BCUT2D eigenvalue weighted by Gasteiger charge is -2.16. The Balaban J connectivity index is 1.62. The molecule has 186 valence electrons. The Labute approximate surface area is 213 Å². The zero-order valence-corrected chi connectivity index (χ0v) is 20.5. The Bertz CT molecular complexity index is 1440. The van der Waals surface area contributed by atoms with Crippen LogP contribution in [-0.4, -0.2) is 43.1 Å². The summed E-state index contributed by atoms with van der Waals surface area (Å²) in [5.41, 5.74) is 0.0304. The van der Waals surface area contributed by atoms with Gasteiger partial charge in [0.2, 0.25) is 5.95 Å². The second-order valence-corrected chi connectivity index (χ2v) is 8.51. The molecule has 4 aromatic rings. The van der Waals surface area contributed by atoms with Crippen molar-refractivity contribution in [2.45, 2.75) is 13.1 Å². The van der Waals surface area contributed by atoms with Crippen LogP contribution in [0.5, 0.6) is 10.9 Å². The summed E-state index contributed by atoms with van der Waals surface area (Å²) in [5, 5.41) is 8.96. The second-order valence-electron chi connectivity index (χ2n) is 7.33. The highest BCUT2D eigenvalue weighted by molar-refractivity contribution is 7.07. The molecule has 3 N–H and O–H groups in total. The zero-order valence-electron chi connectivity index (χ0n) is 19.0. The van der Waals surface area contributed by atoms with Gasteiger partial charge in [-0.3, -0.25) is 4.57 Å². The lowest BCUT2D eigenvalue weighted by Crippen LogP contribution is -2.45. The average molecular weight is 529 g/mol. The molecular weight excluding hydrogens is 508 g/mol. The third kappa shape index (κ3) is 6.25. The van der Waals surface area contributed by atoms with Crippen LogP contribution in [0.3, 0.4) is 0 Å². The largest absolute Gasteiger partial charge is 0.430 e. The van der Waals surface area contributed by atoms with E-state index in [1.165, 1.54) is 17.9 Å². The molecule has 0 atom stereocenters. The van der Waals surface area contributed by atoms with E-state index in [1.54, 1.807) is 48.5 Å². The van der Waals surface area contributed by atoms with Crippen LogP contribution in [0.1, 0.15) is 5.56 Å². The van der Waals surface area contributed by atoms with Crippen molar-refractivity contribution >= 4 is 40.8 Å². The van der Waals surface area contributed by atoms with Gasteiger partial charge in [-0.25, -0.2) is 19.0 Å². The molecule has 2 aromatic heterocycles. The minimum atomic E-state index is -0.746. The van der Waals surface area contributed by atoms with Gasteiger partial charge in [0.05, 0.1) is 6.54 Å². The fraction of sp³-hybridized carbons (Fsp3) is 0.182. The number of carbonyl (C=O) groups excluding carboxylic acids is 1. The van der Waals surface area contributed by atoms with E-state index >= 15 is 0 Å². The van der Waals surface area contributed by atoms with Crippen molar-refractivity contribution in [2.24, 2.45) is 0 Å². The Kier molecular flexibility index (Phi) is 7.92. The Morgan fingerprint density at radius 1 is 1.08 bits per heavy atom. The van der Waals surface area contributed by atoms with E-state index in [-0.39, 0.29) is 25.6 Å². The van der Waals surface area contributed by atoms with Gasteiger partial charge in [0.25, 0.3) is 5.19 Å². The van der Waals surface area contributed by atoms with Gasteiger partial charge in [0.1, 0.15) is 12.1 Å². The maximum atomic E-state index is 13.3. The third-order valence-electron chi connectivity index (χ3n) is 4.91. The lowest BCUT2D eigenvalue weighted by molar-refractivity contribution is 0.242. The number of aromatic nitrogens is 5. The Morgan fingerprint density at radius 3 is 2.50 bits per heavy atom. The van der Waals surface area contributed by atoms with Crippen molar-refractivity contribution in [3.8, 4) is 10.9 Å². The molecule has 0 saturated heterocycles. The summed E-state index contributed by atoms with van der Waals surface area (Å²) in [6.45, 7) is 0.156. The van der Waals surface area contributed by atoms with E-state index in [9.17, 15) is 14.4 Å².